The zero-order valence-corrected chi connectivity index (χ0v) is 25.7. The Balaban J connectivity index is 1.61. The number of hydrogen-bond acceptors (Lipinski definition) is 9. The highest BCUT2D eigenvalue weighted by Crippen LogP contribution is 2.45. The van der Waals surface area contributed by atoms with Crippen LogP contribution < -0.4 is 20.3 Å². The molecule has 4 rings (SSSR count). The smallest absolute Gasteiger partial charge is 0.410 e. The van der Waals surface area contributed by atoms with Gasteiger partial charge in [0.05, 0.1) is 29.8 Å². The first-order chi connectivity index (χ1) is 19.5. The number of piperazine rings is 1. The largest absolute Gasteiger partial charge is 0.495 e. The van der Waals surface area contributed by atoms with Crippen LogP contribution in [0.4, 0.5) is 10.7 Å². The second-order valence-electron chi connectivity index (χ2n) is 10.7. The number of aryl methyl sites for hydroxylation is 1. The first-order valence-corrected chi connectivity index (χ1v) is 14.1. The Morgan fingerprint density at radius 2 is 1.66 bits per heavy atom. The number of fused-ring (bicyclic) bond motifs is 1. The summed E-state index contributed by atoms with van der Waals surface area (Å²) < 4.78 is 18.0. The van der Waals surface area contributed by atoms with Crippen LogP contribution in [0.25, 0.3) is 22.2 Å². The van der Waals surface area contributed by atoms with Crippen LogP contribution in [-0.4, -0.2) is 90.0 Å². The Morgan fingerprint density at radius 3 is 2.22 bits per heavy atom. The molecule has 13 heteroatoms. The maximum absolute atomic E-state index is 14.0. The van der Waals surface area contributed by atoms with Gasteiger partial charge in [-0.15, -0.1) is 0 Å². The van der Waals surface area contributed by atoms with Gasteiger partial charge in [-0.3, -0.25) is 14.3 Å². The van der Waals surface area contributed by atoms with Crippen LogP contribution in [0, 0.1) is 0 Å². The summed E-state index contributed by atoms with van der Waals surface area (Å²) in [7, 11) is 4.69. The Hall–Kier alpha value is -3.28. The number of nitrogens with zero attached hydrogens (tertiary/aromatic N) is 5. The Kier molecular flexibility index (Phi) is 9.51. The Labute approximate surface area is 249 Å². The van der Waals surface area contributed by atoms with E-state index in [2.05, 4.69) is 20.2 Å². The lowest BCUT2D eigenvalue weighted by atomic mass is 10.0. The molecule has 0 radical (unpaired) electrons. The van der Waals surface area contributed by atoms with Crippen molar-refractivity contribution in [3.05, 3.63) is 38.7 Å². The fraction of sp³-hybridized carbons (Fsp3) is 0.500. The van der Waals surface area contributed by atoms with E-state index in [1.165, 1.54) is 14.2 Å². The van der Waals surface area contributed by atoms with Crippen LogP contribution in [0.15, 0.2) is 23.1 Å². The lowest BCUT2D eigenvalue weighted by Crippen LogP contribution is -2.50. The average molecular weight is 608 g/mol. The summed E-state index contributed by atoms with van der Waals surface area (Å²) in [6.07, 6.45) is 2.04. The first kappa shape index (κ1) is 30.7. The van der Waals surface area contributed by atoms with E-state index in [1.807, 2.05) is 20.8 Å². The molecule has 1 amide bonds. The maximum Gasteiger partial charge on any atom is 0.410 e. The summed E-state index contributed by atoms with van der Waals surface area (Å²) in [5.41, 5.74) is 0.277. The fourth-order valence-corrected chi connectivity index (χ4v) is 5.43. The van der Waals surface area contributed by atoms with Crippen LogP contribution in [-0.2, 0) is 11.3 Å². The highest BCUT2D eigenvalue weighted by molar-refractivity contribution is 6.41. The molecule has 1 aromatic carbocycles. The molecule has 0 unspecified atom stereocenters. The van der Waals surface area contributed by atoms with Crippen LogP contribution in [0.5, 0.6) is 11.5 Å². The van der Waals surface area contributed by atoms with Crippen LogP contribution in [0.2, 0.25) is 10.0 Å². The van der Waals surface area contributed by atoms with Crippen molar-refractivity contribution in [3.63, 3.8) is 0 Å². The van der Waals surface area contributed by atoms with Crippen molar-refractivity contribution in [2.24, 2.45) is 0 Å². The molecule has 0 bridgehead atoms. The first-order valence-electron chi connectivity index (χ1n) is 13.4. The number of hydrogen-bond donors (Lipinski definition) is 1. The average Bonchev–Trinajstić information content (AvgIpc) is 2.94. The van der Waals surface area contributed by atoms with E-state index >= 15 is 0 Å². The van der Waals surface area contributed by atoms with Gasteiger partial charge >= 0.3 is 6.09 Å². The number of amides is 1. The SMILES string of the molecule is CNc1ncc2cc(-c3c(Cl)c(OC)cc(OC)c3Cl)c(=O)n(CCCN3CCN(C(=O)OC(C)(C)C)CC3)c2n1. The third-order valence-electron chi connectivity index (χ3n) is 6.77. The molecule has 1 N–H and O–H groups in total. The van der Waals surface area contributed by atoms with Gasteiger partial charge in [-0.1, -0.05) is 23.2 Å². The normalized spacial score (nSPS) is 14.3. The van der Waals surface area contributed by atoms with Crippen molar-refractivity contribution in [1.29, 1.82) is 0 Å². The van der Waals surface area contributed by atoms with Gasteiger partial charge in [0.25, 0.3) is 5.56 Å². The van der Waals surface area contributed by atoms with Crippen molar-refractivity contribution in [1.82, 2.24) is 24.3 Å². The van der Waals surface area contributed by atoms with Crippen molar-refractivity contribution in [3.8, 4) is 22.6 Å². The summed E-state index contributed by atoms with van der Waals surface area (Å²) in [5.74, 6) is 1.07. The minimum Gasteiger partial charge on any atom is -0.495 e. The highest BCUT2D eigenvalue weighted by atomic mass is 35.5. The summed E-state index contributed by atoms with van der Waals surface area (Å²) in [5, 5.41) is 3.99. The standard InChI is InChI=1S/C28H36Cl2N6O5/c1-28(2,3)41-27(38)35-12-10-34(11-13-35)8-7-9-36-24-17(16-32-26(31-4)33-24)14-18(25(36)37)21-22(29)19(39-5)15-20(40-6)23(21)30/h14-16H,7-13H2,1-6H3,(H,31,32,33). The minimum atomic E-state index is -0.528. The zero-order valence-electron chi connectivity index (χ0n) is 24.2. The second-order valence-corrected chi connectivity index (χ2v) is 11.4. The number of rotatable bonds is 8. The van der Waals surface area contributed by atoms with Gasteiger partial charge in [0, 0.05) is 63.0 Å². The predicted octanol–water partition coefficient (Wildman–Crippen LogP) is 4.77. The van der Waals surface area contributed by atoms with E-state index in [1.54, 1.807) is 34.8 Å². The van der Waals surface area contributed by atoms with Gasteiger partial charge in [-0.25, -0.2) is 9.78 Å². The summed E-state index contributed by atoms with van der Waals surface area (Å²) in [6, 6.07) is 3.27. The van der Waals surface area contributed by atoms with E-state index in [0.717, 1.165) is 19.6 Å². The number of carbonyl (C=O) groups is 1. The third-order valence-corrected chi connectivity index (χ3v) is 7.52. The molecule has 3 heterocycles. The number of ether oxygens (including phenoxy) is 3. The van der Waals surface area contributed by atoms with Gasteiger partial charge in [-0.05, 0) is 39.8 Å². The number of benzene rings is 1. The number of aromatic nitrogens is 3. The molecule has 0 spiro atoms. The molecule has 3 aromatic rings. The van der Waals surface area contributed by atoms with Crippen LogP contribution in [0.3, 0.4) is 0 Å². The quantitative estimate of drug-likeness (QED) is 0.387. The molecule has 11 nitrogen and oxygen atoms in total. The third kappa shape index (κ3) is 6.79. The van der Waals surface area contributed by atoms with Crippen LogP contribution in [0.1, 0.15) is 27.2 Å². The number of methoxy groups -OCH3 is 2. The molecule has 0 atom stereocenters. The molecule has 41 heavy (non-hydrogen) atoms. The molecule has 0 saturated carbocycles. The van der Waals surface area contributed by atoms with Crippen LogP contribution >= 0.6 is 23.2 Å². The highest BCUT2D eigenvalue weighted by Gasteiger charge is 2.26. The number of pyridine rings is 1. The molecule has 1 saturated heterocycles. The maximum atomic E-state index is 14.0. The number of halogens is 2. The van der Waals surface area contributed by atoms with Crippen molar-refractivity contribution in [2.75, 3.05) is 59.3 Å². The molecule has 1 aliphatic rings. The lowest BCUT2D eigenvalue weighted by Gasteiger charge is -2.35. The van der Waals surface area contributed by atoms with E-state index in [0.29, 0.717) is 60.1 Å². The molecule has 222 valence electrons. The monoisotopic (exact) mass is 606 g/mol. The van der Waals surface area contributed by atoms with Crippen molar-refractivity contribution in [2.45, 2.75) is 39.3 Å². The molecular formula is C28H36Cl2N6O5. The number of anilines is 1. The van der Waals surface area contributed by atoms with Crippen molar-refractivity contribution < 1.29 is 19.0 Å². The zero-order chi connectivity index (χ0) is 29.9. The van der Waals surface area contributed by atoms with E-state index in [4.69, 9.17) is 37.4 Å². The van der Waals surface area contributed by atoms with Gasteiger partial charge in [0.15, 0.2) is 0 Å². The summed E-state index contributed by atoms with van der Waals surface area (Å²) in [4.78, 5) is 39.3. The number of nitrogens with one attached hydrogen (secondary N) is 1. The Bertz CT molecular complexity index is 1450. The fourth-order valence-electron chi connectivity index (χ4n) is 4.72. The summed E-state index contributed by atoms with van der Waals surface area (Å²) in [6.45, 7) is 9.31. The number of carbonyl (C=O) groups excluding carboxylic acids is 1. The van der Waals surface area contributed by atoms with Gasteiger partial charge in [0.1, 0.15) is 22.7 Å². The second kappa shape index (κ2) is 12.7. The van der Waals surface area contributed by atoms with E-state index < -0.39 is 5.60 Å². The molecule has 1 fully saturated rings. The van der Waals surface area contributed by atoms with Crippen molar-refractivity contribution >= 4 is 46.3 Å². The molecule has 2 aromatic heterocycles. The molecular weight excluding hydrogens is 571 g/mol. The van der Waals surface area contributed by atoms with E-state index in [-0.39, 0.29) is 27.3 Å². The Morgan fingerprint density at radius 1 is 1.02 bits per heavy atom. The predicted molar refractivity (Wildman–Crippen MR) is 161 cm³/mol. The van der Waals surface area contributed by atoms with Gasteiger partial charge in [0.2, 0.25) is 5.95 Å². The lowest BCUT2D eigenvalue weighted by molar-refractivity contribution is 0.0144. The molecule has 1 aliphatic heterocycles. The summed E-state index contributed by atoms with van der Waals surface area (Å²) >= 11 is 13.4. The van der Waals surface area contributed by atoms with Gasteiger partial charge in [-0.2, -0.15) is 4.98 Å². The minimum absolute atomic E-state index is 0.205. The van der Waals surface area contributed by atoms with E-state index in [9.17, 15) is 9.59 Å². The molecule has 0 aliphatic carbocycles. The topological polar surface area (TPSA) is 111 Å². The van der Waals surface area contributed by atoms with Gasteiger partial charge < -0.3 is 24.4 Å².